The molecule has 2 aliphatic rings. The molecular formula is C14H23NO5. The van der Waals surface area contributed by atoms with Crippen molar-refractivity contribution in [3.8, 4) is 0 Å². The van der Waals surface area contributed by atoms with Crippen LogP contribution in [0.15, 0.2) is 0 Å². The summed E-state index contributed by atoms with van der Waals surface area (Å²) in [5.41, 5.74) is 0. The minimum atomic E-state index is -0.862. The van der Waals surface area contributed by atoms with Gasteiger partial charge in [0.2, 0.25) is 5.91 Å². The van der Waals surface area contributed by atoms with Gasteiger partial charge in [0, 0.05) is 26.4 Å². The third-order valence-electron chi connectivity index (χ3n) is 4.07. The van der Waals surface area contributed by atoms with Crippen LogP contribution in [0.25, 0.3) is 0 Å². The highest BCUT2D eigenvalue weighted by Crippen LogP contribution is 2.34. The zero-order chi connectivity index (χ0) is 14.4. The summed E-state index contributed by atoms with van der Waals surface area (Å²) in [5.74, 6) is -1.83. The predicted octanol–water partition coefficient (Wildman–Crippen LogP) is 0.799. The van der Waals surface area contributed by atoms with Gasteiger partial charge in [-0.2, -0.15) is 0 Å². The van der Waals surface area contributed by atoms with Gasteiger partial charge in [-0.05, 0) is 32.1 Å². The average molecular weight is 285 g/mol. The summed E-state index contributed by atoms with van der Waals surface area (Å²) in [6.45, 7) is 2.70. The Morgan fingerprint density at radius 2 is 1.85 bits per heavy atom. The summed E-state index contributed by atoms with van der Waals surface area (Å²) in [4.78, 5) is 22.6. The van der Waals surface area contributed by atoms with E-state index in [1.54, 1.807) is 0 Å². The summed E-state index contributed by atoms with van der Waals surface area (Å²) < 4.78 is 10.9. The number of nitrogens with one attached hydrogen (secondary N) is 1. The quantitative estimate of drug-likeness (QED) is 0.676. The van der Waals surface area contributed by atoms with Crippen LogP contribution in [0.3, 0.4) is 0 Å². The van der Waals surface area contributed by atoms with E-state index in [1.807, 2.05) is 0 Å². The average Bonchev–Trinajstić information content (AvgIpc) is 2.37. The molecule has 1 saturated carbocycles. The third-order valence-corrected chi connectivity index (χ3v) is 4.07. The molecule has 0 spiro atoms. The number of amides is 1. The number of hydrogen-bond donors (Lipinski definition) is 2. The minimum Gasteiger partial charge on any atom is -0.481 e. The fraction of sp³-hybridized carbons (Fsp3) is 0.857. The molecule has 6 nitrogen and oxygen atoms in total. The molecule has 1 saturated heterocycles. The molecule has 6 heteroatoms. The Morgan fingerprint density at radius 3 is 2.45 bits per heavy atom. The fourth-order valence-corrected chi connectivity index (χ4v) is 2.62. The lowest BCUT2D eigenvalue weighted by atomic mass is 9.73. The molecule has 1 aliphatic carbocycles. The Balaban J connectivity index is 1.52. The monoisotopic (exact) mass is 285 g/mol. The molecule has 2 fully saturated rings. The molecule has 0 aromatic heterocycles. The van der Waals surface area contributed by atoms with Crippen LogP contribution in [0.1, 0.15) is 32.1 Å². The zero-order valence-corrected chi connectivity index (χ0v) is 11.7. The Bertz CT molecular complexity index is 340. The van der Waals surface area contributed by atoms with E-state index in [0.29, 0.717) is 26.0 Å². The van der Waals surface area contributed by atoms with Gasteiger partial charge in [-0.15, -0.1) is 0 Å². The van der Waals surface area contributed by atoms with E-state index in [0.717, 1.165) is 32.5 Å². The first-order chi connectivity index (χ1) is 9.68. The second-order valence-corrected chi connectivity index (χ2v) is 5.46. The van der Waals surface area contributed by atoms with Crippen LogP contribution in [-0.4, -0.2) is 49.5 Å². The van der Waals surface area contributed by atoms with Crippen LogP contribution in [0, 0.1) is 11.8 Å². The summed E-state index contributed by atoms with van der Waals surface area (Å²) in [5, 5.41) is 11.7. The fourth-order valence-electron chi connectivity index (χ4n) is 2.62. The van der Waals surface area contributed by atoms with Gasteiger partial charge in [0.15, 0.2) is 0 Å². The van der Waals surface area contributed by atoms with Crippen LogP contribution >= 0.6 is 0 Å². The summed E-state index contributed by atoms with van der Waals surface area (Å²) in [7, 11) is 0. The van der Waals surface area contributed by atoms with E-state index in [4.69, 9.17) is 14.6 Å². The standard InChI is InChI=1S/C14H23NO5/c16-13(11-2-3-12(11)14(17)18)15-6-1-7-20-10-4-8-19-9-5-10/h10-12H,1-9H2,(H,15,16)(H,17,18). The molecule has 2 unspecified atom stereocenters. The van der Waals surface area contributed by atoms with Crippen LogP contribution < -0.4 is 5.32 Å². The molecule has 2 rings (SSSR count). The number of carboxylic acids is 1. The van der Waals surface area contributed by atoms with E-state index >= 15 is 0 Å². The molecule has 114 valence electrons. The van der Waals surface area contributed by atoms with Crippen molar-refractivity contribution in [1.29, 1.82) is 0 Å². The van der Waals surface area contributed by atoms with Gasteiger partial charge in [-0.25, -0.2) is 0 Å². The Kier molecular flexibility index (Phi) is 5.79. The smallest absolute Gasteiger partial charge is 0.307 e. The maximum absolute atomic E-state index is 11.8. The van der Waals surface area contributed by atoms with Gasteiger partial charge >= 0.3 is 5.97 Å². The van der Waals surface area contributed by atoms with Crippen LogP contribution in [-0.2, 0) is 19.1 Å². The number of hydrogen-bond acceptors (Lipinski definition) is 4. The van der Waals surface area contributed by atoms with E-state index < -0.39 is 11.9 Å². The highest BCUT2D eigenvalue weighted by molar-refractivity contribution is 5.86. The van der Waals surface area contributed by atoms with Crippen molar-refractivity contribution < 1.29 is 24.2 Å². The molecule has 2 N–H and O–H groups in total. The van der Waals surface area contributed by atoms with E-state index in [9.17, 15) is 9.59 Å². The van der Waals surface area contributed by atoms with E-state index in [2.05, 4.69) is 5.32 Å². The lowest BCUT2D eigenvalue weighted by molar-refractivity contribution is -0.152. The normalized spacial score (nSPS) is 26.8. The van der Waals surface area contributed by atoms with Crippen molar-refractivity contribution in [1.82, 2.24) is 5.32 Å². The van der Waals surface area contributed by atoms with Gasteiger partial charge in [-0.1, -0.05) is 0 Å². The highest BCUT2D eigenvalue weighted by atomic mass is 16.5. The van der Waals surface area contributed by atoms with Gasteiger partial charge in [0.05, 0.1) is 17.9 Å². The maximum Gasteiger partial charge on any atom is 0.307 e. The number of carboxylic acid groups (broad SMARTS) is 1. The number of carbonyl (C=O) groups is 2. The Morgan fingerprint density at radius 1 is 1.15 bits per heavy atom. The first-order valence-electron chi connectivity index (χ1n) is 7.38. The van der Waals surface area contributed by atoms with E-state index in [-0.39, 0.29) is 17.9 Å². The summed E-state index contributed by atoms with van der Waals surface area (Å²) >= 11 is 0. The largest absolute Gasteiger partial charge is 0.481 e. The van der Waals surface area contributed by atoms with Gasteiger partial charge in [0.25, 0.3) is 0 Å². The predicted molar refractivity (Wildman–Crippen MR) is 71.3 cm³/mol. The number of rotatable bonds is 7. The molecule has 1 aliphatic heterocycles. The van der Waals surface area contributed by atoms with Gasteiger partial charge in [-0.3, -0.25) is 9.59 Å². The van der Waals surface area contributed by atoms with Crippen molar-refractivity contribution in [2.75, 3.05) is 26.4 Å². The number of aliphatic carboxylic acids is 1. The number of ether oxygens (including phenoxy) is 2. The second kappa shape index (κ2) is 7.59. The van der Waals surface area contributed by atoms with Crippen molar-refractivity contribution >= 4 is 11.9 Å². The van der Waals surface area contributed by atoms with Crippen LogP contribution in [0.2, 0.25) is 0 Å². The molecule has 1 amide bonds. The molecule has 0 aromatic rings. The number of carbonyl (C=O) groups excluding carboxylic acids is 1. The lowest BCUT2D eigenvalue weighted by Crippen LogP contribution is -2.44. The topological polar surface area (TPSA) is 84.9 Å². The maximum atomic E-state index is 11.8. The summed E-state index contributed by atoms with van der Waals surface area (Å²) in [6, 6.07) is 0. The lowest BCUT2D eigenvalue weighted by Gasteiger charge is -2.31. The SMILES string of the molecule is O=C(O)C1CCC1C(=O)NCCCOC1CCOCC1. The molecule has 1 heterocycles. The third kappa shape index (κ3) is 4.18. The highest BCUT2D eigenvalue weighted by Gasteiger charge is 2.41. The first kappa shape index (κ1) is 15.3. The molecule has 2 atom stereocenters. The van der Waals surface area contributed by atoms with Crippen molar-refractivity contribution in [3.05, 3.63) is 0 Å². The minimum absolute atomic E-state index is 0.130. The molecule has 0 radical (unpaired) electrons. The Labute approximate surface area is 118 Å². The summed E-state index contributed by atoms with van der Waals surface area (Å²) in [6.07, 6.45) is 4.21. The molecular weight excluding hydrogens is 262 g/mol. The molecule has 0 aromatic carbocycles. The van der Waals surface area contributed by atoms with Crippen LogP contribution in [0.4, 0.5) is 0 Å². The first-order valence-corrected chi connectivity index (χ1v) is 7.38. The Hall–Kier alpha value is -1.14. The van der Waals surface area contributed by atoms with Crippen LogP contribution in [0.5, 0.6) is 0 Å². The molecule has 0 bridgehead atoms. The van der Waals surface area contributed by atoms with Crippen molar-refractivity contribution in [3.63, 3.8) is 0 Å². The zero-order valence-electron chi connectivity index (χ0n) is 11.7. The second-order valence-electron chi connectivity index (χ2n) is 5.46. The van der Waals surface area contributed by atoms with Crippen molar-refractivity contribution in [2.45, 2.75) is 38.2 Å². The molecule has 20 heavy (non-hydrogen) atoms. The van der Waals surface area contributed by atoms with E-state index in [1.165, 1.54) is 0 Å². The van der Waals surface area contributed by atoms with Gasteiger partial charge in [0.1, 0.15) is 0 Å². The van der Waals surface area contributed by atoms with Crippen molar-refractivity contribution in [2.24, 2.45) is 11.8 Å². The van der Waals surface area contributed by atoms with Gasteiger partial charge < -0.3 is 19.9 Å².